The number of hydrogen-bond acceptors (Lipinski definition) is 3. The molecule has 0 radical (unpaired) electrons. The Morgan fingerprint density at radius 2 is 1.78 bits per heavy atom. The molecule has 2 rings (SSSR count). The molecule has 4 nitrogen and oxygen atoms in total. The third-order valence-electron chi connectivity index (χ3n) is 3.40. The van der Waals surface area contributed by atoms with Crippen LogP contribution in [0.4, 0.5) is 0 Å². The van der Waals surface area contributed by atoms with Crippen LogP contribution in [0.2, 0.25) is 0 Å². The van der Waals surface area contributed by atoms with E-state index in [2.05, 4.69) is 0 Å². The van der Waals surface area contributed by atoms with E-state index in [9.17, 15) is 13.2 Å². The zero-order valence-electron chi connectivity index (χ0n) is 10.6. The van der Waals surface area contributed by atoms with E-state index in [-0.39, 0.29) is 10.7 Å². The quantitative estimate of drug-likeness (QED) is 0.821. The highest BCUT2D eigenvalue weighted by Gasteiger charge is 2.44. The van der Waals surface area contributed by atoms with Crippen molar-refractivity contribution in [2.24, 2.45) is 0 Å². The Bertz CT molecular complexity index is 549. The van der Waals surface area contributed by atoms with Crippen LogP contribution in [0.1, 0.15) is 26.7 Å². The van der Waals surface area contributed by atoms with E-state index in [1.54, 1.807) is 44.2 Å². The normalized spacial score (nSPS) is 20.9. The first-order valence-electron chi connectivity index (χ1n) is 5.98. The Labute approximate surface area is 108 Å². The van der Waals surface area contributed by atoms with Gasteiger partial charge in [0.05, 0.1) is 10.4 Å². The van der Waals surface area contributed by atoms with Crippen molar-refractivity contribution in [1.29, 1.82) is 0 Å². The molecule has 5 heteroatoms. The highest BCUT2D eigenvalue weighted by molar-refractivity contribution is 7.89. The lowest BCUT2D eigenvalue weighted by Gasteiger charge is -2.39. The third kappa shape index (κ3) is 2.08. The topological polar surface area (TPSA) is 54.5 Å². The number of hydrogen-bond donors (Lipinski definition) is 0. The molecule has 0 atom stereocenters. The average Bonchev–Trinajstić information content (AvgIpc) is 2.33. The van der Waals surface area contributed by atoms with Crippen LogP contribution in [-0.2, 0) is 14.8 Å². The molecule has 0 saturated carbocycles. The Balaban J connectivity index is 2.45. The van der Waals surface area contributed by atoms with Gasteiger partial charge in [-0.25, -0.2) is 8.42 Å². The molecular weight excluding hydrogens is 250 g/mol. The van der Waals surface area contributed by atoms with E-state index >= 15 is 0 Å². The highest BCUT2D eigenvalue weighted by Crippen LogP contribution is 2.30. The number of nitrogens with zero attached hydrogens (tertiary/aromatic N) is 1. The summed E-state index contributed by atoms with van der Waals surface area (Å²) >= 11 is 0. The summed E-state index contributed by atoms with van der Waals surface area (Å²) in [5.41, 5.74) is -0.951. The molecule has 1 fully saturated rings. The van der Waals surface area contributed by atoms with Gasteiger partial charge in [0, 0.05) is 13.0 Å². The van der Waals surface area contributed by atoms with Crippen molar-refractivity contribution < 1.29 is 13.2 Å². The summed E-state index contributed by atoms with van der Waals surface area (Å²) < 4.78 is 26.4. The lowest BCUT2D eigenvalue weighted by atomic mass is 9.92. The van der Waals surface area contributed by atoms with E-state index in [1.807, 2.05) is 0 Å². The summed E-state index contributed by atoms with van der Waals surface area (Å²) in [5.74, 6) is -0.0201. The van der Waals surface area contributed by atoms with Gasteiger partial charge in [0.2, 0.25) is 10.0 Å². The van der Waals surface area contributed by atoms with Gasteiger partial charge in [-0.2, -0.15) is 4.31 Å². The number of Topliss-reactive ketones (excluding diaryl/α,β-unsaturated/α-hetero) is 1. The number of carbonyl (C=O) groups excluding carboxylic acids is 1. The second-order valence-corrected chi connectivity index (χ2v) is 6.84. The van der Waals surface area contributed by atoms with E-state index < -0.39 is 15.6 Å². The molecule has 0 unspecified atom stereocenters. The lowest BCUT2D eigenvalue weighted by molar-refractivity contribution is -0.129. The fourth-order valence-corrected chi connectivity index (χ4v) is 4.08. The van der Waals surface area contributed by atoms with Crippen molar-refractivity contribution in [2.75, 3.05) is 6.54 Å². The van der Waals surface area contributed by atoms with Gasteiger partial charge in [-0.3, -0.25) is 4.79 Å². The molecule has 1 aromatic carbocycles. The van der Waals surface area contributed by atoms with Gasteiger partial charge >= 0.3 is 0 Å². The Morgan fingerprint density at radius 1 is 1.17 bits per heavy atom. The van der Waals surface area contributed by atoms with Gasteiger partial charge in [0.1, 0.15) is 0 Å². The molecule has 1 aromatic rings. The second-order valence-electron chi connectivity index (χ2n) is 4.98. The molecule has 0 aliphatic carbocycles. The van der Waals surface area contributed by atoms with Gasteiger partial charge in [-0.1, -0.05) is 18.2 Å². The van der Waals surface area contributed by atoms with Gasteiger partial charge < -0.3 is 0 Å². The first-order chi connectivity index (χ1) is 8.37. The maximum atomic E-state index is 12.5. The third-order valence-corrected chi connectivity index (χ3v) is 5.49. The second kappa shape index (κ2) is 4.48. The van der Waals surface area contributed by atoms with Crippen molar-refractivity contribution in [3.8, 4) is 0 Å². The Morgan fingerprint density at radius 3 is 2.39 bits per heavy atom. The Kier molecular flexibility index (Phi) is 3.29. The summed E-state index contributed by atoms with van der Waals surface area (Å²) in [5, 5.41) is 0. The van der Waals surface area contributed by atoms with Crippen molar-refractivity contribution in [2.45, 2.75) is 37.1 Å². The average molecular weight is 267 g/mol. The lowest BCUT2D eigenvalue weighted by Crippen LogP contribution is -2.56. The summed E-state index contributed by atoms with van der Waals surface area (Å²) in [6.45, 7) is 3.75. The van der Waals surface area contributed by atoms with Crippen LogP contribution in [0.15, 0.2) is 35.2 Å². The molecule has 0 N–H and O–H groups in total. The van der Waals surface area contributed by atoms with Gasteiger partial charge in [-0.15, -0.1) is 0 Å². The summed E-state index contributed by atoms with van der Waals surface area (Å²) in [4.78, 5) is 12.1. The maximum absolute atomic E-state index is 12.5. The van der Waals surface area contributed by atoms with Crippen LogP contribution in [0, 0.1) is 0 Å². The fraction of sp³-hybridized carbons (Fsp3) is 0.462. The van der Waals surface area contributed by atoms with Crippen LogP contribution in [0.5, 0.6) is 0 Å². The number of piperidine rings is 1. The van der Waals surface area contributed by atoms with Gasteiger partial charge in [0.15, 0.2) is 5.78 Å². The molecule has 1 aliphatic heterocycles. The standard InChI is InChI=1S/C13H17NO3S/c1-13(2)12(15)9-6-10-14(13)18(16,17)11-7-4-3-5-8-11/h3-5,7-8H,6,9-10H2,1-2H3. The zero-order valence-corrected chi connectivity index (χ0v) is 11.4. The molecule has 18 heavy (non-hydrogen) atoms. The van der Waals surface area contributed by atoms with Crippen LogP contribution >= 0.6 is 0 Å². The number of benzene rings is 1. The van der Waals surface area contributed by atoms with Crippen LogP contribution < -0.4 is 0 Å². The van der Waals surface area contributed by atoms with Gasteiger partial charge in [0.25, 0.3) is 0 Å². The maximum Gasteiger partial charge on any atom is 0.243 e. The first-order valence-corrected chi connectivity index (χ1v) is 7.42. The molecule has 1 heterocycles. The van der Waals surface area contributed by atoms with E-state index in [0.717, 1.165) is 0 Å². The van der Waals surface area contributed by atoms with Crippen molar-refractivity contribution in [3.05, 3.63) is 30.3 Å². The molecule has 0 spiro atoms. The predicted molar refractivity (Wildman–Crippen MR) is 68.7 cm³/mol. The van der Waals surface area contributed by atoms with Crippen molar-refractivity contribution in [1.82, 2.24) is 4.31 Å². The number of rotatable bonds is 2. The van der Waals surface area contributed by atoms with Crippen LogP contribution in [0.3, 0.4) is 0 Å². The number of ketones is 1. The molecule has 98 valence electrons. The fourth-order valence-electron chi connectivity index (χ4n) is 2.25. The van der Waals surface area contributed by atoms with Crippen LogP contribution in [-0.4, -0.2) is 30.6 Å². The number of carbonyl (C=O) groups is 1. The zero-order chi connectivity index (χ0) is 13.4. The minimum absolute atomic E-state index is 0.0201. The largest absolute Gasteiger partial charge is 0.298 e. The molecule has 1 saturated heterocycles. The summed E-state index contributed by atoms with van der Waals surface area (Å²) in [6, 6.07) is 8.26. The molecular formula is C13H17NO3S. The van der Waals surface area contributed by atoms with Gasteiger partial charge in [-0.05, 0) is 32.4 Å². The summed E-state index contributed by atoms with van der Waals surface area (Å²) in [7, 11) is -3.59. The first kappa shape index (κ1) is 13.2. The molecule has 0 amide bonds. The Hall–Kier alpha value is -1.20. The highest BCUT2D eigenvalue weighted by atomic mass is 32.2. The van der Waals surface area contributed by atoms with Crippen LogP contribution in [0.25, 0.3) is 0 Å². The molecule has 1 aliphatic rings. The monoisotopic (exact) mass is 267 g/mol. The minimum Gasteiger partial charge on any atom is -0.298 e. The summed E-state index contributed by atoms with van der Waals surface area (Å²) in [6.07, 6.45) is 1.04. The van der Waals surface area contributed by atoms with E-state index in [0.29, 0.717) is 19.4 Å². The minimum atomic E-state index is -3.59. The van der Waals surface area contributed by atoms with Crippen molar-refractivity contribution in [3.63, 3.8) is 0 Å². The van der Waals surface area contributed by atoms with E-state index in [4.69, 9.17) is 0 Å². The SMILES string of the molecule is CC1(C)C(=O)CCCN1S(=O)(=O)c1ccccc1. The smallest absolute Gasteiger partial charge is 0.243 e. The predicted octanol–water partition coefficient (Wildman–Crippen LogP) is 1.82. The molecule has 0 bridgehead atoms. The van der Waals surface area contributed by atoms with Crippen molar-refractivity contribution >= 4 is 15.8 Å². The molecule has 0 aromatic heterocycles. The number of sulfonamides is 1. The van der Waals surface area contributed by atoms with E-state index in [1.165, 1.54) is 4.31 Å².